The van der Waals surface area contributed by atoms with Gasteiger partial charge in [-0.3, -0.25) is 0 Å². The molecule has 0 aromatic heterocycles. The lowest BCUT2D eigenvalue weighted by molar-refractivity contribution is 0.354. The fraction of sp³-hybridized carbons (Fsp3) is 0.611. The molecule has 0 saturated carbocycles. The number of hydrogen-bond donors (Lipinski definition) is 2. The molecule has 1 aromatic rings. The van der Waals surface area contributed by atoms with Crippen molar-refractivity contribution < 1.29 is 17.9 Å². The molecule has 1 rings (SSSR count). The van der Waals surface area contributed by atoms with Gasteiger partial charge in [-0.15, -0.1) is 24.0 Å². The number of hydrogen-bond acceptors (Lipinski definition) is 5. The van der Waals surface area contributed by atoms with E-state index in [1.54, 1.807) is 14.2 Å². The van der Waals surface area contributed by atoms with Gasteiger partial charge in [0, 0.05) is 26.2 Å². The van der Waals surface area contributed by atoms with Gasteiger partial charge in [0.05, 0.1) is 27.0 Å². The van der Waals surface area contributed by atoms with E-state index in [4.69, 9.17) is 9.47 Å². The average Bonchev–Trinajstić information content (AvgIpc) is 2.64. The number of rotatable bonds is 11. The molecule has 28 heavy (non-hydrogen) atoms. The average molecular weight is 528 g/mol. The van der Waals surface area contributed by atoms with Crippen LogP contribution in [0, 0.1) is 0 Å². The van der Waals surface area contributed by atoms with Crippen LogP contribution in [0.15, 0.2) is 23.2 Å². The van der Waals surface area contributed by atoms with E-state index in [2.05, 4.69) is 15.6 Å². The molecule has 0 fully saturated rings. The molecule has 0 radical (unpaired) electrons. The van der Waals surface area contributed by atoms with Gasteiger partial charge in [-0.25, -0.2) is 17.7 Å². The SMILES string of the molecule is CCNC(=NCc1ccc(OC)c(OC)c1)NCCCN(CC)S(C)(=O)=O.I. The van der Waals surface area contributed by atoms with Crippen molar-refractivity contribution in [3.63, 3.8) is 0 Å². The Morgan fingerprint density at radius 1 is 1.14 bits per heavy atom. The standard InChI is InChI=1S/C18H32N4O4S.HI/c1-6-19-18(20-11-8-12-22(7-2)27(5,23)24)21-14-15-9-10-16(25-3)17(13-15)26-4;/h9-10,13H,6-8,11-12,14H2,1-5H3,(H2,19,20,21);1H. The summed E-state index contributed by atoms with van der Waals surface area (Å²) in [7, 11) is 0.0603. The summed E-state index contributed by atoms with van der Waals surface area (Å²) < 4.78 is 35.2. The van der Waals surface area contributed by atoms with Crippen LogP contribution in [0.4, 0.5) is 0 Å². The topological polar surface area (TPSA) is 92.3 Å². The maximum absolute atomic E-state index is 11.6. The van der Waals surface area contributed by atoms with Gasteiger partial charge in [-0.2, -0.15) is 0 Å². The lowest BCUT2D eigenvalue weighted by Gasteiger charge is -2.18. The molecule has 0 saturated heterocycles. The van der Waals surface area contributed by atoms with Crippen LogP contribution in [0.1, 0.15) is 25.8 Å². The molecule has 1 aromatic carbocycles. The second-order valence-electron chi connectivity index (χ2n) is 5.92. The first kappa shape index (κ1) is 26.7. The number of halogens is 1. The third-order valence-electron chi connectivity index (χ3n) is 3.91. The van der Waals surface area contributed by atoms with E-state index in [1.165, 1.54) is 10.6 Å². The van der Waals surface area contributed by atoms with Crippen LogP contribution in [-0.2, 0) is 16.6 Å². The Balaban J connectivity index is 0.00000729. The third-order valence-corrected chi connectivity index (χ3v) is 5.29. The van der Waals surface area contributed by atoms with Crippen LogP contribution in [-0.4, -0.2) is 65.3 Å². The van der Waals surface area contributed by atoms with Gasteiger partial charge in [0.1, 0.15) is 0 Å². The number of sulfonamides is 1. The zero-order valence-corrected chi connectivity index (χ0v) is 20.5. The van der Waals surface area contributed by atoms with Crippen molar-refractivity contribution in [2.24, 2.45) is 4.99 Å². The Morgan fingerprint density at radius 3 is 2.36 bits per heavy atom. The van der Waals surface area contributed by atoms with Crippen LogP contribution in [0.3, 0.4) is 0 Å². The highest BCUT2D eigenvalue weighted by atomic mass is 127. The summed E-state index contributed by atoms with van der Waals surface area (Å²) in [5, 5.41) is 6.42. The van der Waals surface area contributed by atoms with Crippen LogP contribution >= 0.6 is 24.0 Å². The molecule has 0 aliphatic heterocycles. The lowest BCUT2D eigenvalue weighted by atomic mass is 10.2. The number of nitrogens with zero attached hydrogens (tertiary/aromatic N) is 2. The summed E-state index contributed by atoms with van der Waals surface area (Å²) in [6, 6.07) is 5.70. The molecular formula is C18H33IN4O4S. The Labute approximate surface area is 186 Å². The van der Waals surface area contributed by atoms with Crippen molar-refractivity contribution >= 4 is 40.0 Å². The van der Waals surface area contributed by atoms with E-state index in [0.717, 1.165) is 12.1 Å². The summed E-state index contributed by atoms with van der Waals surface area (Å²) in [6.45, 7) is 6.65. The molecule has 0 bridgehead atoms. The Kier molecular flexibility index (Phi) is 13.2. The highest BCUT2D eigenvalue weighted by Gasteiger charge is 2.13. The molecule has 10 heteroatoms. The van der Waals surface area contributed by atoms with Gasteiger partial charge in [0.15, 0.2) is 17.5 Å². The summed E-state index contributed by atoms with van der Waals surface area (Å²) in [5.74, 6) is 2.04. The van der Waals surface area contributed by atoms with E-state index in [9.17, 15) is 8.42 Å². The van der Waals surface area contributed by atoms with Gasteiger partial charge in [0.2, 0.25) is 10.0 Å². The van der Waals surface area contributed by atoms with Gasteiger partial charge in [0.25, 0.3) is 0 Å². The number of methoxy groups -OCH3 is 2. The molecule has 0 aliphatic rings. The first-order valence-corrected chi connectivity index (χ1v) is 10.9. The number of ether oxygens (including phenoxy) is 2. The number of benzene rings is 1. The van der Waals surface area contributed by atoms with Crippen molar-refractivity contribution in [1.29, 1.82) is 0 Å². The molecule has 0 spiro atoms. The summed E-state index contributed by atoms with van der Waals surface area (Å²) in [5.41, 5.74) is 0.999. The molecule has 0 atom stereocenters. The number of nitrogens with one attached hydrogen (secondary N) is 2. The van der Waals surface area contributed by atoms with Gasteiger partial charge in [-0.05, 0) is 31.0 Å². The Morgan fingerprint density at radius 2 is 1.82 bits per heavy atom. The quantitative estimate of drug-likeness (QED) is 0.198. The highest BCUT2D eigenvalue weighted by Crippen LogP contribution is 2.27. The van der Waals surface area contributed by atoms with E-state index in [-0.39, 0.29) is 24.0 Å². The van der Waals surface area contributed by atoms with E-state index >= 15 is 0 Å². The number of guanidine groups is 1. The van der Waals surface area contributed by atoms with Crippen molar-refractivity contribution in [2.45, 2.75) is 26.8 Å². The highest BCUT2D eigenvalue weighted by molar-refractivity contribution is 14.0. The molecule has 0 amide bonds. The number of aliphatic imine (C=N–C) groups is 1. The molecule has 0 heterocycles. The van der Waals surface area contributed by atoms with E-state index < -0.39 is 10.0 Å². The maximum Gasteiger partial charge on any atom is 0.211 e. The maximum atomic E-state index is 11.6. The normalized spacial score (nSPS) is 11.7. The smallest absolute Gasteiger partial charge is 0.211 e. The van der Waals surface area contributed by atoms with Crippen LogP contribution in [0.25, 0.3) is 0 Å². The van der Waals surface area contributed by atoms with Crippen LogP contribution in [0.2, 0.25) is 0 Å². The van der Waals surface area contributed by atoms with E-state index in [0.29, 0.717) is 50.1 Å². The summed E-state index contributed by atoms with van der Waals surface area (Å²) >= 11 is 0. The fourth-order valence-electron chi connectivity index (χ4n) is 2.51. The largest absolute Gasteiger partial charge is 0.493 e. The Bertz CT molecular complexity index is 714. The van der Waals surface area contributed by atoms with Crippen molar-refractivity contribution in [2.75, 3.05) is 46.7 Å². The zero-order chi connectivity index (χ0) is 20.3. The first-order valence-electron chi connectivity index (χ1n) is 9.03. The lowest BCUT2D eigenvalue weighted by Crippen LogP contribution is -2.39. The first-order chi connectivity index (χ1) is 12.8. The van der Waals surface area contributed by atoms with Gasteiger partial charge in [-0.1, -0.05) is 13.0 Å². The van der Waals surface area contributed by atoms with Crippen molar-refractivity contribution in [1.82, 2.24) is 14.9 Å². The molecule has 0 aliphatic carbocycles. The Hall–Kier alpha value is -1.27. The summed E-state index contributed by atoms with van der Waals surface area (Å²) in [6.07, 6.45) is 1.93. The summed E-state index contributed by atoms with van der Waals surface area (Å²) in [4.78, 5) is 4.57. The van der Waals surface area contributed by atoms with Crippen molar-refractivity contribution in [3.8, 4) is 11.5 Å². The molecular weight excluding hydrogens is 495 g/mol. The molecule has 2 N–H and O–H groups in total. The molecule has 162 valence electrons. The fourth-order valence-corrected chi connectivity index (χ4v) is 3.44. The van der Waals surface area contributed by atoms with Crippen LogP contribution < -0.4 is 20.1 Å². The zero-order valence-electron chi connectivity index (χ0n) is 17.3. The minimum absolute atomic E-state index is 0. The van der Waals surface area contributed by atoms with Gasteiger partial charge < -0.3 is 20.1 Å². The minimum Gasteiger partial charge on any atom is -0.493 e. The predicted molar refractivity (Wildman–Crippen MR) is 124 cm³/mol. The molecule has 0 unspecified atom stereocenters. The van der Waals surface area contributed by atoms with E-state index in [1.807, 2.05) is 32.0 Å². The van der Waals surface area contributed by atoms with Crippen molar-refractivity contribution in [3.05, 3.63) is 23.8 Å². The second kappa shape index (κ2) is 13.8. The van der Waals surface area contributed by atoms with Crippen LogP contribution in [0.5, 0.6) is 11.5 Å². The third kappa shape index (κ3) is 9.28. The predicted octanol–water partition coefficient (Wildman–Crippen LogP) is 2.05. The van der Waals surface area contributed by atoms with Gasteiger partial charge >= 0.3 is 0 Å². The molecule has 8 nitrogen and oxygen atoms in total. The minimum atomic E-state index is -3.15. The second-order valence-corrected chi connectivity index (χ2v) is 7.90. The monoisotopic (exact) mass is 528 g/mol.